The molecule has 0 saturated heterocycles. The van der Waals surface area contributed by atoms with Crippen molar-refractivity contribution < 1.29 is 9.59 Å². The molecule has 0 aliphatic carbocycles. The smallest absolute Gasteiger partial charge is 0.272 e. The van der Waals surface area contributed by atoms with Gasteiger partial charge in [-0.1, -0.05) is 30.3 Å². The summed E-state index contributed by atoms with van der Waals surface area (Å²) < 4.78 is 0. The Labute approximate surface area is 157 Å². The third-order valence-electron chi connectivity index (χ3n) is 3.82. The Balaban J connectivity index is 1.69. The monoisotopic (exact) mass is 358 g/mol. The summed E-state index contributed by atoms with van der Waals surface area (Å²) in [4.78, 5) is 28.2. The zero-order chi connectivity index (χ0) is 19.1. The molecule has 3 aromatic rings. The zero-order valence-corrected chi connectivity index (χ0v) is 14.7. The van der Waals surface area contributed by atoms with E-state index in [0.29, 0.717) is 22.5 Å². The molecule has 0 aliphatic heterocycles. The van der Waals surface area contributed by atoms with Gasteiger partial charge in [-0.2, -0.15) is 5.10 Å². The molecule has 1 aromatic heterocycles. The first-order valence-corrected chi connectivity index (χ1v) is 8.35. The fourth-order valence-corrected chi connectivity index (χ4v) is 2.38. The number of anilines is 1. The first-order chi connectivity index (χ1) is 13.1. The number of benzene rings is 2. The first kappa shape index (κ1) is 18.0. The van der Waals surface area contributed by atoms with Crippen molar-refractivity contribution >= 4 is 23.2 Å². The number of hydrogen-bond donors (Lipinski definition) is 2. The summed E-state index contributed by atoms with van der Waals surface area (Å²) in [7, 11) is 0. The van der Waals surface area contributed by atoms with Crippen LogP contribution in [-0.2, 0) is 0 Å². The van der Waals surface area contributed by atoms with E-state index in [9.17, 15) is 9.59 Å². The molecule has 6 heteroatoms. The van der Waals surface area contributed by atoms with Crippen molar-refractivity contribution in [3.8, 4) is 0 Å². The average Bonchev–Trinajstić information content (AvgIpc) is 2.73. The van der Waals surface area contributed by atoms with Crippen molar-refractivity contribution in [3.05, 3.63) is 95.8 Å². The summed E-state index contributed by atoms with van der Waals surface area (Å²) in [6.07, 6.45) is 3.07. The van der Waals surface area contributed by atoms with Crippen LogP contribution in [-0.4, -0.2) is 22.5 Å². The summed E-state index contributed by atoms with van der Waals surface area (Å²) in [6.45, 7) is 1.78. The van der Waals surface area contributed by atoms with Crippen LogP contribution in [0.2, 0.25) is 0 Å². The number of carbonyl (C=O) groups excluding carboxylic acids is 2. The summed E-state index contributed by atoms with van der Waals surface area (Å²) in [5, 5.41) is 6.98. The molecule has 0 radical (unpaired) electrons. The van der Waals surface area contributed by atoms with E-state index in [2.05, 4.69) is 20.8 Å². The summed E-state index contributed by atoms with van der Waals surface area (Å²) in [6, 6.07) is 19.6. The lowest BCUT2D eigenvalue weighted by molar-refractivity contribution is 0.0953. The number of amides is 2. The predicted octanol–water partition coefficient (Wildman–Crippen LogP) is 3.49. The van der Waals surface area contributed by atoms with Crippen LogP contribution in [0.5, 0.6) is 0 Å². The fraction of sp³-hybridized carbons (Fsp3) is 0.0476. The quantitative estimate of drug-likeness (QED) is 0.541. The van der Waals surface area contributed by atoms with E-state index in [1.54, 1.807) is 49.5 Å². The zero-order valence-electron chi connectivity index (χ0n) is 14.7. The molecule has 2 amide bonds. The topological polar surface area (TPSA) is 83.4 Å². The predicted molar refractivity (Wildman–Crippen MR) is 105 cm³/mol. The minimum Gasteiger partial charge on any atom is -0.322 e. The molecule has 0 bridgehead atoms. The van der Waals surface area contributed by atoms with Gasteiger partial charge >= 0.3 is 0 Å². The minimum absolute atomic E-state index is 0.188. The largest absolute Gasteiger partial charge is 0.322 e. The number of carbonyl (C=O) groups is 2. The van der Waals surface area contributed by atoms with Gasteiger partial charge in [0.2, 0.25) is 0 Å². The van der Waals surface area contributed by atoms with Crippen molar-refractivity contribution in [1.82, 2.24) is 10.4 Å². The lowest BCUT2D eigenvalue weighted by Gasteiger charge is -2.08. The third-order valence-corrected chi connectivity index (χ3v) is 3.82. The normalized spacial score (nSPS) is 10.9. The second-order valence-electron chi connectivity index (χ2n) is 5.78. The molecular formula is C21H18N4O2. The van der Waals surface area contributed by atoms with Crippen molar-refractivity contribution in [3.63, 3.8) is 0 Å². The molecule has 2 aromatic carbocycles. The second-order valence-corrected chi connectivity index (χ2v) is 5.78. The summed E-state index contributed by atoms with van der Waals surface area (Å²) in [5.41, 5.74) is 5.56. The average molecular weight is 358 g/mol. The number of nitrogens with zero attached hydrogens (tertiary/aromatic N) is 2. The maximum atomic E-state index is 12.3. The van der Waals surface area contributed by atoms with Gasteiger partial charge in [-0.05, 0) is 48.9 Å². The lowest BCUT2D eigenvalue weighted by atomic mass is 10.1. The van der Waals surface area contributed by atoms with Crippen molar-refractivity contribution in [2.75, 3.05) is 5.32 Å². The van der Waals surface area contributed by atoms with E-state index in [0.717, 1.165) is 5.56 Å². The fourth-order valence-electron chi connectivity index (χ4n) is 2.38. The molecule has 0 unspecified atom stereocenters. The molecule has 0 atom stereocenters. The number of aromatic nitrogens is 1. The molecule has 0 aliphatic rings. The molecule has 134 valence electrons. The van der Waals surface area contributed by atoms with Crippen molar-refractivity contribution in [1.29, 1.82) is 0 Å². The Morgan fingerprint density at radius 3 is 2.33 bits per heavy atom. The van der Waals surface area contributed by atoms with Gasteiger partial charge in [-0.3, -0.25) is 14.6 Å². The molecule has 2 N–H and O–H groups in total. The number of rotatable bonds is 5. The Bertz CT molecular complexity index is 970. The maximum Gasteiger partial charge on any atom is 0.272 e. The number of hydrogen-bond acceptors (Lipinski definition) is 4. The van der Waals surface area contributed by atoms with Gasteiger partial charge in [0.25, 0.3) is 11.8 Å². The van der Waals surface area contributed by atoms with Gasteiger partial charge in [-0.15, -0.1) is 0 Å². The molecule has 6 nitrogen and oxygen atoms in total. The number of hydrazone groups is 1. The van der Waals surface area contributed by atoms with E-state index >= 15 is 0 Å². The summed E-state index contributed by atoms with van der Waals surface area (Å²) in [5.74, 6) is -0.525. The van der Waals surface area contributed by atoms with E-state index in [-0.39, 0.29) is 11.8 Å². The van der Waals surface area contributed by atoms with Gasteiger partial charge in [0.1, 0.15) is 0 Å². The highest BCUT2D eigenvalue weighted by molar-refractivity contribution is 6.06. The van der Waals surface area contributed by atoms with Crippen molar-refractivity contribution in [2.24, 2.45) is 5.10 Å². The second kappa shape index (κ2) is 8.53. The van der Waals surface area contributed by atoms with Crippen LogP contribution in [0.4, 0.5) is 5.69 Å². The number of nitrogens with one attached hydrogen (secondary N) is 2. The minimum atomic E-state index is -0.337. The van der Waals surface area contributed by atoms with Crippen LogP contribution in [0.15, 0.2) is 84.2 Å². The van der Waals surface area contributed by atoms with Crippen LogP contribution < -0.4 is 10.7 Å². The molecule has 27 heavy (non-hydrogen) atoms. The number of pyridine rings is 1. The molecular weight excluding hydrogens is 340 g/mol. The molecule has 0 spiro atoms. The van der Waals surface area contributed by atoms with Crippen LogP contribution in [0, 0.1) is 0 Å². The Morgan fingerprint density at radius 2 is 1.59 bits per heavy atom. The van der Waals surface area contributed by atoms with E-state index < -0.39 is 0 Å². The van der Waals surface area contributed by atoms with Gasteiger partial charge in [0, 0.05) is 23.6 Å². The van der Waals surface area contributed by atoms with Crippen molar-refractivity contribution in [2.45, 2.75) is 6.92 Å². The maximum absolute atomic E-state index is 12.3. The highest BCUT2D eigenvalue weighted by atomic mass is 16.2. The van der Waals surface area contributed by atoms with Crippen LogP contribution in [0.3, 0.4) is 0 Å². The highest BCUT2D eigenvalue weighted by Crippen LogP contribution is 2.13. The van der Waals surface area contributed by atoms with Crippen LogP contribution >= 0.6 is 0 Å². The SMILES string of the molecule is C/C(=N\NC(=O)c1cccnc1)c1cccc(NC(=O)c2ccccc2)c1. The Hall–Kier alpha value is -3.80. The molecule has 3 rings (SSSR count). The van der Waals surface area contributed by atoms with Gasteiger partial charge < -0.3 is 5.32 Å². The Morgan fingerprint density at radius 1 is 0.852 bits per heavy atom. The standard InChI is InChI=1S/C21H18N4O2/c1-15(24-25-21(27)18-10-6-12-22-14-18)17-9-5-11-19(13-17)23-20(26)16-7-3-2-4-8-16/h2-14H,1H3,(H,23,26)(H,25,27)/b24-15+. The van der Waals surface area contributed by atoms with Crippen LogP contribution in [0.25, 0.3) is 0 Å². The molecule has 0 fully saturated rings. The molecule has 1 heterocycles. The van der Waals surface area contributed by atoms with Gasteiger partial charge in [-0.25, -0.2) is 5.43 Å². The Kier molecular flexibility index (Phi) is 5.69. The highest BCUT2D eigenvalue weighted by Gasteiger charge is 2.07. The van der Waals surface area contributed by atoms with E-state index in [1.165, 1.54) is 6.20 Å². The lowest BCUT2D eigenvalue weighted by Crippen LogP contribution is -2.19. The molecule has 0 saturated carbocycles. The van der Waals surface area contributed by atoms with Crippen LogP contribution in [0.1, 0.15) is 33.2 Å². The first-order valence-electron chi connectivity index (χ1n) is 8.35. The third kappa shape index (κ3) is 4.85. The summed E-state index contributed by atoms with van der Waals surface area (Å²) >= 11 is 0. The van der Waals surface area contributed by atoms with Gasteiger partial charge in [0.05, 0.1) is 11.3 Å². The van der Waals surface area contributed by atoms with E-state index in [4.69, 9.17) is 0 Å². The van der Waals surface area contributed by atoms with E-state index in [1.807, 2.05) is 30.3 Å². The van der Waals surface area contributed by atoms with Gasteiger partial charge in [0.15, 0.2) is 0 Å².